The fourth-order valence-corrected chi connectivity index (χ4v) is 2.16. The number of amides is 2. The van der Waals surface area contributed by atoms with Crippen LogP contribution in [-0.4, -0.2) is 29.5 Å². The normalized spacial score (nSPS) is 11.4. The Morgan fingerprint density at radius 2 is 1.96 bits per heavy atom. The Kier molecular flexibility index (Phi) is 6.27. The van der Waals surface area contributed by atoms with E-state index in [0.29, 0.717) is 5.76 Å². The van der Waals surface area contributed by atoms with Crippen molar-refractivity contribution < 1.29 is 23.6 Å². The average Bonchev–Trinajstić information content (AvgIpc) is 2.97. The van der Waals surface area contributed by atoms with Crippen LogP contribution in [0.2, 0.25) is 0 Å². The van der Waals surface area contributed by atoms with E-state index < -0.39 is 24.5 Å². The van der Waals surface area contributed by atoms with Crippen molar-refractivity contribution in [3.63, 3.8) is 0 Å². The lowest BCUT2D eigenvalue weighted by molar-refractivity contribution is -0.148. The fraction of sp³-hybridized carbons (Fsp3) is 0.294. The molecule has 2 rings (SSSR count). The van der Waals surface area contributed by atoms with Crippen LogP contribution >= 0.6 is 0 Å². The van der Waals surface area contributed by atoms with Crippen molar-refractivity contribution in [3.8, 4) is 0 Å². The Hall–Kier alpha value is -3.16. The zero-order valence-corrected chi connectivity index (χ0v) is 13.9. The molecule has 2 amide bonds. The Morgan fingerprint density at radius 3 is 2.56 bits per heavy atom. The third-order valence-corrected chi connectivity index (χ3v) is 3.21. The van der Waals surface area contributed by atoms with E-state index in [9.17, 15) is 14.4 Å². The number of rotatable bonds is 7. The minimum absolute atomic E-state index is 0.0834. The van der Waals surface area contributed by atoms with Crippen molar-refractivity contribution in [1.82, 2.24) is 10.5 Å². The number of nitrogens with zero attached hydrogens (tertiary/aromatic N) is 1. The van der Waals surface area contributed by atoms with Gasteiger partial charge in [0.15, 0.2) is 12.4 Å². The summed E-state index contributed by atoms with van der Waals surface area (Å²) in [5, 5.41) is 8.75. The van der Waals surface area contributed by atoms with Gasteiger partial charge in [0.1, 0.15) is 5.76 Å². The molecule has 0 aliphatic rings. The maximum absolute atomic E-state index is 12.0. The molecular formula is C17H19N3O5. The molecule has 1 aromatic heterocycles. The highest BCUT2D eigenvalue weighted by atomic mass is 16.5. The molecule has 8 nitrogen and oxygen atoms in total. The maximum atomic E-state index is 12.0. The van der Waals surface area contributed by atoms with Gasteiger partial charge in [0.25, 0.3) is 5.91 Å². The van der Waals surface area contributed by atoms with Gasteiger partial charge in [-0.3, -0.25) is 14.4 Å². The van der Waals surface area contributed by atoms with E-state index in [1.54, 1.807) is 25.1 Å². The van der Waals surface area contributed by atoms with E-state index in [4.69, 9.17) is 9.26 Å². The van der Waals surface area contributed by atoms with Gasteiger partial charge in [0.05, 0.1) is 12.5 Å². The van der Waals surface area contributed by atoms with Crippen molar-refractivity contribution >= 4 is 23.6 Å². The summed E-state index contributed by atoms with van der Waals surface area (Å²) in [6.45, 7) is 2.61. The Morgan fingerprint density at radius 1 is 1.24 bits per heavy atom. The second-order valence-electron chi connectivity index (χ2n) is 5.40. The summed E-state index contributed by atoms with van der Waals surface area (Å²) in [5.74, 6) is -0.598. The molecule has 8 heteroatoms. The number of ether oxygens (including phenoxy) is 1. The molecule has 0 saturated carbocycles. The molecule has 0 fully saturated rings. The Bertz CT molecular complexity index is 742. The van der Waals surface area contributed by atoms with Gasteiger partial charge in [0.2, 0.25) is 5.91 Å². The molecular weight excluding hydrogens is 326 g/mol. The van der Waals surface area contributed by atoms with Crippen LogP contribution in [-0.2, 0) is 19.1 Å². The van der Waals surface area contributed by atoms with Gasteiger partial charge >= 0.3 is 5.97 Å². The van der Waals surface area contributed by atoms with Crippen molar-refractivity contribution in [2.75, 3.05) is 11.9 Å². The molecule has 0 radical (unpaired) electrons. The Labute approximate surface area is 144 Å². The zero-order valence-electron chi connectivity index (χ0n) is 13.9. The summed E-state index contributed by atoms with van der Waals surface area (Å²) >= 11 is 0. The molecule has 0 aliphatic heterocycles. The van der Waals surface area contributed by atoms with Gasteiger partial charge in [-0.05, 0) is 12.5 Å². The van der Waals surface area contributed by atoms with Crippen LogP contribution < -0.4 is 10.6 Å². The van der Waals surface area contributed by atoms with Crippen LogP contribution in [0.1, 0.15) is 30.7 Å². The van der Waals surface area contributed by atoms with Gasteiger partial charge in [0, 0.05) is 13.0 Å². The number of aromatic nitrogens is 1. The number of anilines is 1. The number of carbonyl (C=O) groups excluding carboxylic acids is 3. The predicted octanol–water partition coefficient (Wildman–Crippen LogP) is 1.73. The lowest BCUT2D eigenvalue weighted by Gasteiger charge is -2.17. The molecule has 0 aliphatic carbocycles. The van der Waals surface area contributed by atoms with Gasteiger partial charge < -0.3 is 19.9 Å². The summed E-state index contributed by atoms with van der Waals surface area (Å²) in [4.78, 5) is 35.0. The number of esters is 1. The van der Waals surface area contributed by atoms with Crippen LogP contribution in [0, 0.1) is 6.92 Å². The summed E-state index contributed by atoms with van der Waals surface area (Å²) < 4.78 is 9.77. The number of benzene rings is 1. The summed E-state index contributed by atoms with van der Waals surface area (Å²) in [7, 11) is 0. The highest BCUT2D eigenvalue weighted by Crippen LogP contribution is 2.17. The number of carbonyl (C=O) groups is 3. The molecule has 2 aromatic rings. The summed E-state index contributed by atoms with van der Waals surface area (Å²) in [6, 6.07) is 10.1. The third kappa shape index (κ3) is 6.09. The van der Waals surface area contributed by atoms with E-state index in [1.165, 1.54) is 6.92 Å². The van der Waals surface area contributed by atoms with Gasteiger partial charge in [-0.2, -0.15) is 0 Å². The zero-order chi connectivity index (χ0) is 18.2. The first-order valence-electron chi connectivity index (χ1n) is 7.65. The van der Waals surface area contributed by atoms with Crippen LogP contribution in [0.15, 0.2) is 40.9 Å². The first-order valence-corrected chi connectivity index (χ1v) is 7.65. The standard InChI is InChI=1S/C17H19N3O5/c1-11-8-15(20-25-11)19-16(22)10-24-17(23)9-14(18-12(2)21)13-6-4-3-5-7-13/h3-8,14H,9-10H2,1-2H3,(H,18,21)(H,19,20,22)/t14-/m1/s1. The van der Waals surface area contributed by atoms with Crippen LogP contribution in [0.25, 0.3) is 0 Å². The second-order valence-corrected chi connectivity index (χ2v) is 5.40. The molecule has 0 saturated heterocycles. The monoisotopic (exact) mass is 345 g/mol. The fourth-order valence-electron chi connectivity index (χ4n) is 2.16. The first-order chi connectivity index (χ1) is 11.9. The SMILES string of the molecule is CC(=O)N[C@H](CC(=O)OCC(=O)Nc1cc(C)on1)c1ccccc1. The van der Waals surface area contributed by atoms with Crippen LogP contribution in [0.4, 0.5) is 5.82 Å². The quantitative estimate of drug-likeness (QED) is 0.740. The molecule has 0 bridgehead atoms. The molecule has 1 heterocycles. The van der Waals surface area contributed by atoms with Crippen molar-refractivity contribution in [1.29, 1.82) is 0 Å². The molecule has 25 heavy (non-hydrogen) atoms. The van der Waals surface area contributed by atoms with E-state index >= 15 is 0 Å². The van der Waals surface area contributed by atoms with E-state index in [2.05, 4.69) is 15.8 Å². The summed E-state index contributed by atoms with van der Waals surface area (Å²) in [6.07, 6.45) is -0.0834. The highest BCUT2D eigenvalue weighted by Gasteiger charge is 2.19. The maximum Gasteiger partial charge on any atom is 0.308 e. The van der Waals surface area contributed by atoms with E-state index in [1.807, 2.05) is 18.2 Å². The van der Waals surface area contributed by atoms with Gasteiger partial charge in [-0.1, -0.05) is 35.5 Å². The second kappa shape index (κ2) is 8.62. The van der Waals surface area contributed by atoms with Crippen molar-refractivity contribution in [3.05, 3.63) is 47.7 Å². The van der Waals surface area contributed by atoms with E-state index in [0.717, 1.165) is 5.56 Å². The Balaban J connectivity index is 1.86. The first kappa shape index (κ1) is 18.2. The molecule has 0 spiro atoms. The molecule has 2 N–H and O–H groups in total. The van der Waals surface area contributed by atoms with Crippen LogP contribution in [0.5, 0.6) is 0 Å². The van der Waals surface area contributed by atoms with Gasteiger partial charge in [-0.15, -0.1) is 0 Å². The molecule has 1 aromatic carbocycles. The lowest BCUT2D eigenvalue weighted by atomic mass is 10.0. The van der Waals surface area contributed by atoms with E-state index in [-0.39, 0.29) is 18.1 Å². The smallest absolute Gasteiger partial charge is 0.308 e. The number of nitrogens with one attached hydrogen (secondary N) is 2. The highest BCUT2D eigenvalue weighted by molar-refractivity contribution is 5.92. The topological polar surface area (TPSA) is 111 Å². The third-order valence-electron chi connectivity index (χ3n) is 3.21. The number of aryl methyl sites for hydroxylation is 1. The molecule has 132 valence electrons. The van der Waals surface area contributed by atoms with Crippen molar-refractivity contribution in [2.24, 2.45) is 0 Å². The predicted molar refractivity (Wildman–Crippen MR) is 88.4 cm³/mol. The number of hydrogen-bond donors (Lipinski definition) is 2. The minimum Gasteiger partial charge on any atom is -0.455 e. The lowest BCUT2D eigenvalue weighted by Crippen LogP contribution is -2.29. The van der Waals surface area contributed by atoms with Crippen LogP contribution in [0.3, 0.4) is 0 Å². The largest absolute Gasteiger partial charge is 0.455 e. The molecule has 1 atom stereocenters. The van der Waals surface area contributed by atoms with Crippen molar-refractivity contribution in [2.45, 2.75) is 26.3 Å². The molecule has 0 unspecified atom stereocenters. The summed E-state index contributed by atoms with van der Waals surface area (Å²) in [5.41, 5.74) is 0.775. The average molecular weight is 345 g/mol. The van der Waals surface area contributed by atoms with Gasteiger partial charge in [-0.25, -0.2) is 0 Å². The minimum atomic E-state index is -0.603. The number of hydrogen-bond acceptors (Lipinski definition) is 6.